The zero-order chi connectivity index (χ0) is 16.4. The van der Waals surface area contributed by atoms with Gasteiger partial charge in [0, 0.05) is 23.7 Å². The van der Waals surface area contributed by atoms with Gasteiger partial charge < -0.3 is 15.2 Å². The maximum Gasteiger partial charge on any atom is 0.240 e. The molecule has 1 aromatic heterocycles. The Bertz CT molecular complexity index is 680. The SMILES string of the molecule is C[C@H](c1nc(-c2ccc(Cl)cc2)no1)[C@H](N)C(=O)N1CCCC1. The Balaban J connectivity index is 1.73. The van der Waals surface area contributed by atoms with Gasteiger partial charge in [0.2, 0.25) is 17.6 Å². The first-order chi connectivity index (χ1) is 11.1. The summed E-state index contributed by atoms with van der Waals surface area (Å²) in [5.74, 6) is 0.442. The third kappa shape index (κ3) is 3.38. The summed E-state index contributed by atoms with van der Waals surface area (Å²) in [5.41, 5.74) is 6.91. The van der Waals surface area contributed by atoms with E-state index in [1.54, 1.807) is 17.0 Å². The first-order valence-corrected chi connectivity index (χ1v) is 8.08. The number of nitrogens with two attached hydrogens (primary N) is 1. The van der Waals surface area contributed by atoms with Gasteiger partial charge in [-0.25, -0.2) is 0 Å². The fourth-order valence-corrected chi connectivity index (χ4v) is 2.78. The number of carbonyl (C=O) groups excluding carboxylic acids is 1. The lowest BCUT2D eigenvalue weighted by Crippen LogP contribution is -2.45. The molecule has 2 aromatic rings. The average molecular weight is 335 g/mol. The van der Waals surface area contributed by atoms with Gasteiger partial charge in [-0.2, -0.15) is 4.98 Å². The Morgan fingerprint density at radius 3 is 2.61 bits per heavy atom. The van der Waals surface area contributed by atoms with Gasteiger partial charge >= 0.3 is 0 Å². The van der Waals surface area contributed by atoms with Crippen molar-refractivity contribution in [2.45, 2.75) is 31.7 Å². The molecule has 0 radical (unpaired) electrons. The summed E-state index contributed by atoms with van der Waals surface area (Å²) < 4.78 is 5.30. The van der Waals surface area contributed by atoms with E-state index in [0.717, 1.165) is 31.5 Å². The summed E-state index contributed by atoms with van der Waals surface area (Å²) in [6.07, 6.45) is 2.07. The second-order valence-corrected chi connectivity index (χ2v) is 6.25. The fraction of sp³-hybridized carbons (Fsp3) is 0.438. The van der Waals surface area contributed by atoms with E-state index in [4.69, 9.17) is 21.9 Å². The normalized spacial score (nSPS) is 17.3. The zero-order valence-corrected chi connectivity index (χ0v) is 13.7. The number of benzene rings is 1. The molecule has 1 fully saturated rings. The lowest BCUT2D eigenvalue weighted by Gasteiger charge is -2.22. The van der Waals surface area contributed by atoms with Gasteiger partial charge in [0.15, 0.2) is 0 Å². The lowest BCUT2D eigenvalue weighted by molar-refractivity contribution is -0.132. The van der Waals surface area contributed by atoms with Crippen molar-refractivity contribution in [3.63, 3.8) is 0 Å². The predicted molar refractivity (Wildman–Crippen MR) is 86.9 cm³/mol. The van der Waals surface area contributed by atoms with Crippen LogP contribution in [0.5, 0.6) is 0 Å². The highest BCUT2D eigenvalue weighted by atomic mass is 35.5. The van der Waals surface area contributed by atoms with Gasteiger partial charge in [-0.15, -0.1) is 0 Å². The molecule has 1 aromatic carbocycles. The fourth-order valence-electron chi connectivity index (χ4n) is 2.65. The number of nitrogens with zero attached hydrogens (tertiary/aromatic N) is 3. The molecular formula is C16H19ClN4O2. The molecule has 2 heterocycles. The predicted octanol–water partition coefficient (Wildman–Crippen LogP) is 2.44. The molecule has 0 bridgehead atoms. The van der Waals surface area contributed by atoms with Gasteiger partial charge in [0.05, 0.1) is 12.0 Å². The third-order valence-corrected chi connectivity index (χ3v) is 4.43. The minimum atomic E-state index is -0.674. The Morgan fingerprint density at radius 1 is 1.30 bits per heavy atom. The molecule has 0 spiro atoms. The molecule has 3 rings (SSSR count). The van der Waals surface area contributed by atoms with E-state index in [0.29, 0.717) is 16.7 Å². The topological polar surface area (TPSA) is 85.2 Å². The average Bonchev–Trinajstić information content (AvgIpc) is 3.25. The van der Waals surface area contributed by atoms with E-state index in [9.17, 15) is 4.79 Å². The number of rotatable bonds is 4. The van der Waals surface area contributed by atoms with Crippen LogP contribution >= 0.6 is 11.6 Å². The van der Waals surface area contributed by atoms with Crippen LogP contribution in [0.15, 0.2) is 28.8 Å². The molecule has 6 nitrogen and oxygen atoms in total. The molecule has 0 unspecified atom stereocenters. The minimum Gasteiger partial charge on any atom is -0.341 e. The van der Waals surface area contributed by atoms with Gasteiger partial charge in [-0.1, -0.05) is 23.7 Å². The van der Waals surface area contributed by atoms with Gasteiger partial charge in [-0.3, -0.25) is 4.79 Å². The maximum absolute atomic E-state index is 12.4. The number of aromatic nitrogens is 2. The largest absolute Gasteiger partial charge is 0.341 e. The Labute approximate surface area is 139 Å². The van der Waals surface area contributed by atoms with Crippen LogP contribution in [0.1, 0.15) is 31.6 Å². The van der Waals surface area contributed by atoms with Crippen molar-refractivity contribution >= 4 is 17.5 Å². The van der Waals surface area contributed by atoms with Crippen LogP contribution in [-0.2, 0) is 4.79 Å². The van der Waals surface area contributed by atoms with Crippen molar-refractivity contribution < 1.29 is 9.32 Å². The number of hydrogen-bond acceptors (Lipinski definition) is 5. The van der Waals surface area contributed by atoms with Crippen LogP contribution in [0.25, 0.3) is 11.4 Å². The highest BCUT2D eigenvalue weighted by Crippen LogP contribution is 2.24. The molecule has 1 aliphatic rings. The highest BCUT2D eigenvalue weighted by Gasteiger charge is 2.31. The molecule has 1 aliphatic heterocycles. The van der Waals surface area contributed by atoms with Crippen LogP contribution in [0.3, 0.4) is 0 Å². The second-order valence-electron chi connectivity index (χ2n) is 5.81. The van der Waals surface area contributed by atoms with Gasteiger partial charge in [0.1, 0.15) is 0 Å². The van der Waals surface area contributed by atoms with Gasteiger partial charge in [-0.05, 0) is 37.1 Å². The first kappa shape index (κ1) is 16.0. The lowest BCUT2D eigenvalue weighted by atomic mass is 10.0. The standard InChI is InChI=1S/C16H19ClN4O2/c1-10(13(18)16(22)21-8-2-3-9-21)15-19-14(20-23-15)11-4-6-12(17)7-5-11/h4-7,10,13H,2-3,8-9,18H2,1H3/t10-,13-/m0/s1. The van der Waals surface area contributed by atoms with Crippen molar-refractivity contribution in [2.75, 3.05) is 13.1 Å². The minimum absolute atomic E-state index is 0.0544. The van der Waals surface area contributed by atoms with E-state index < -0.39 is 6.04 Å². The molecule has 2 atom stereocenters. The monoisotopic (exact) mass is 334 g/mol. The van der Waals surface area contributed by atoms with Crippen molar-refractivity contribution in [2.24, 2.45) is 5.73 Å². The number of carbonyl (C=O) groups is 1. The van der Waals surface area contributed by atoms with Crippen LogP contribution in [-0.4, -0.2) is 40.1 Å². The molecule has 7 heteroatoms. The molecule has 2 N–H and O–H groups in total. The van der Waals surface area contributed by atoms with Crippen molar-refractivity contribution in [3.05, 3.63) is 35.2 Å². The first-order valence-electron chi connectivity index (χ1n) is 7.70. The summed E-state index contributed by atoms with van der Waals surface area (Å²) >= 11 is 5.87. The maximum atomic E-state index is 12.4. The molecule has 1 saturated heterocycles. The van der Waals surface area contributed by atoms with Crippen LogP contribution in [0.4, 0.5) is 0 Å². The van der Waals surface area contributed by atoms with Crippen LogP contribution in [0, 0.1) is 0 Å². The molecule has 0 aliphatic carbocycles. The Hall–Kier alpha value is -1.92. The Kier molecular flexibility index (Phi) is 4.63. The molecular weight excluding hydrogens is 316 g/mol. The van der Waals surface area contributed by atoms with Crippen LogP contribution in [0.2, 0.25) is 5.02 Å². The van der Waals surface area contributed by atoms with Gasteiger partial charge in [0.25, 0.3) is 0 Å². The smallest absolute Gasteiger partial charge is 0.240 e. The number of halogens is 1. The molecule has 122 valence electrons. The zero-order valence-electron chi connectivity index (χ0n) is 12.9. The quantitative estimate of drug-likeness (QED) is 0.928. The molecule has 1 amide bonds. The van der Waals surface area contributed by atoms with Crippen molar-refractivity contribution in [1.82, 2.24) is 15.0 Å². The summed E-state index contributed by atoms with van der Waals surface area (Å²) in [5, 5.41) is 4.61. The molecule has 0 saturated carbocycles. The number of likely N-dealkylation sites (tertiary alicyclic amines) is 1. The van der Waals surface area contributed by atoms with Crippen molar-refractivity contribution in [3.8, 4) is 11.4 Å². The number of amides is 1. The second kappa shape index (κ2) is 6.68. The van der Waals surface area contributed by atoms with E-state index in [2.05, 4.69) is 10.1 Å². The highest BCUT2D eigenvalue weighted by molar-refractivity contribution is 6.30. The summed E-state index contributed by atoms with van der Waals surface area (Å²) in [7, 11) is 0. The van der Waals surface area contributed by atoms with E-state index in [-0.39, 0.29) is 11.8 Å². The van der Waals surface area contributed by atoms with Crippen LogP contribution < -0.4 is 5.73 Å². The molecule has 23 heavy (non-hydrogen) atoms. The summed E-state index contributed by atoms with van der Waals surface area (Å²) in [4.78, 5) is 18.5. The third-order valence-electron chi connectivity index (χ3n) is 4.18. The number of hydrogen-bond donors (Lipinski definition) is 1. The van der Waals surface area contributed by atoms with E-state index >= 15 is 0 Å². The summed E-state index contributed by atoms with van der Waals surface area (Å²) in [6.45, 7) is 3.38. The summed E-state index contributed by atoms with van der Waals surface area (Å²) in [6, 6.07) is 6.48. The van der Waals surface area contributed by atoms with E-state index in [1.165, 1.54) is 0 Å². The van der Waals surface area contributed by atoms with E-state index in [1.807, 2.05) is 19.1 Å². The van der Waals surface area contributed by atoms with Crippen molar-refractivity contribution in [1.29, 1.82) is 0 Å². The Morgan fingerprint density at radius 2 is 1.96 bits per heavy atom.